The number of aromatic amines is 2. The van der Waals surface area contributed by atoms with Crippen LogP contribution in [0.2, 0.25) is 5.02 Å². The minimum absolute atomic E-state index is 0.0615. The van der Waals surface area contributed by atoms with E-state index < -0.39 is 23.4 Å². The third-order valence-electron chi connectivity index (χ3n) is 7.77. The molecule has 1 saturated carbocycles. The van der Waals surface area contributed by atoms with Gasteiger partial charge >= 0.3 is 0 Å². The summed E-state index contributed by atoms with van der Waals surface area (Å²) in [5, 5.41) is 20.4. The Bertz CT molecular complexity index is 1650. The zero-order valence-corrected chi connectivity index (χ0v) is 21.2. The molecule has 1 aromatic carbocycles. The highest BCUT2D eigenvalue weighted by molar-refractivity contribution is 6.31. The summed E-state index contributed by atoms with van der Waals surface area (Å²) >= 11 is 6.11. The van der Waals surface area contributed by atoms with Gasteiger partial charge < -0.3 is 15.0 Å². The van der Waals surface area contributed by atoms with Gasteiger partial charge in [-0.15, -0.1) is 4.68 Å². The number of rotatable bonds is 5. The molecule has 3 aromatic heterocycles. The number of hydrogen-bond acceptors (Lipinski definition) is 6. The van der Waals surface area contributed by atoms with Gasteiger partial charge in [0.25, 0.3) is 6.33 Å². The first-order valence-electron chi connectivity index (χ1n) is 12.6. The van der Waals surface area contributed by atoms with Crippen molar-refractivity contribution in [1.82, 2.24) is 35.4 Å². The highest BCUT2D eigenvalue weighted by atomic mass is 35.5. The first kappa shape index (κ1) is 24.0. The smallest absolute Gasteiger partial charge is 0.293 e. The van der Waals surface area contributed by atoms with E-state index in [-0.39, 0.29) is 28.2 Å². The first-order valence-corrected chi connectivity index (χ1v) is 12.9. The molecule has 4 aromatic rings. The predicted octanol–water partition coefficient (Wildman–Crippen LogP) is 3.30. The lowest BCUT2D eigenvalue weighted by atomic mass is 9.92. The van der Waals surface area contributed by atoms with Gasteiger partial charge in [-0.2, -0.15) is 4.39 Å². The molecule has 5 heterocycles. The molecule has 7 rings (SSSR count). The van der Waals surface area contributed by atoms with Crippen molar-refractivity contribution in [3.63, 3.8) is 0 Å². The topological polar surface area (TPSA) is 128 Å². The van der Waals surface area contributed by atoms with Crippen LogP contribution >= 0.6 is 11.6 Å². The fourth-order valence-corrected chi connectivity index (χ4v) is 5.82. The molecule has 1 amide bonds. The molecule has 0 bridgehead atoms. The third-order valence-corrected chi connectivity index (χ3v) is 8.06. The number of fused-ring (bicyclic) bond motifs is 1. The van der Waals surface area contributed by atoms with Crippen LogP contribution < -0.4 is 4.68 Å². The molecule has 13 heteroatoms. The number of tetrazole rings is 1. The number of imidazole rings is 1. The van der Waals surface area contributed by atoms with Crippen LogP contribution in [0.25, 0.3) is 22.5 Å². The largest absolute Gasteiger partial charge is 0.384 e. The quantitative estimate of drug-likeness (QED) is 0.327. The lowest BCUT2D eigenvalue weighted by Gasteiger charge is -2.33. The molecule has 0 unspecified atom stereocenters. The number of H-pyrrole nitrogens is 2. The standard InChI is InChI=1S/C26H21ClF2N8O2/c27-16-2-4-17(36-12-31-34-35-36)21(22(16)28)14-9-15-1-3-18(37(15)20(38)11-14)25-32-23(24(29)33-25)13-5-8-30-19(10-13)26(39)6-7-26/h2,4-5,8,10-12,15,18,39H,1,3,6-7,9H2,(H,30,32,33)/p+1/t15-,18-/m1/s1. The van der Waals surface area contributed by atoms with Crippen molar-refractivity contribution in [2.24, 2.45) is 0 Å². The molecular weight excluding hydrogens is 530 g/mol. The van der Waals surface area contributed by atoms with E-state index in [0.29, 0.717) is 60.4 Å². The molecule has 2 fully saturated rings. The van der Waals surface area contributed by atoms with Crippen molar-refractivity contribution in [2.75, 3.05) is 0 Å². The Balaban J connectivity index is 1.21. The number of hydrogen-bond donors (Lipinski definition) is 3. The van der Waals surface area contributed by atoms with Gasteiger partial charge in [0.05, 0.1) is 22.3 Å². The third kappa shape index (κ3) is 3.93. The monoisotopic (exact) mass is 551 g/mol. The summed E-state index contributed by atoms with van der Waals surface area (Å²) in [7, 11) is 0. The number of nitrogens with zero attached hydrogens (tertiary/aromatic N) is 6. The number of benzene rings is 1. The number of amides is 1. The van der Waals surface area contributed by atoms with E-state index >= 15 is 8.78 Å². The maximum atomic E-state index is 15.3. The molecule has 198 valence electrons. The number of halogens is 3. The Morgan fingerprint density at radius 2 is 2.05 bits per heavy atom. The van der Waals surface area contributed by atoms with E-state index in [2.05, 4.69) is 30.5 Å². The molecule has 39 heavy (non-hydrogen) atoms. The van der Waals surface area contributed by atoms with Crippen LogP contribution in [-0.2, 0) is 10.4 Å². The second-order valence-corrected chi connectivity index (χ2v) is 10.6. The summed E-state index contributed by atoms with van der Waals surface area (Å²) in [6.07, 6.45) is 7.15. The lowest BCUT2D eigenvalue weighted by Crippen LogP contribution is -2.40. The molecule has 0 radical (unpaired) electrons. The fraction of sp³-hybridized carbons (Fsp3) is 0.308. The van der Waals surface area contributed by atoms with E-state index in [9.17, 15) is 9.90 Å². The van der Waals surface area contributed by atoms with E-state index in [0.717, 1.165) is 0 Å². The van der Waals surface area contributed by atoms with Crippen LogP contribution in [0.4, 0.5) is 8.78 Å². The molecule has 3 N–H and O–H groups in total. The zero-order valence-electron chi connectivity index (χ0n) is 20.4. The molecule has 10 nitrogen and oxygen atoms in total. The van der Waals surface area contributed by atoms with Crippen molar-refractivity contribution in [3.8, 4) is 16.9 Å². The Morgan fingerprint density at radius 1 is 1.21 bits per heavy atom. The first-order chi connectivity index (χ1) is 18.8. The minimum atomic E-state index is -0.955. The maximum absolute atomic E-state index is 15.3. The number of nitrogens with one attached hydrogen (secondary N) is 2. The summed E-state index contributed by atoms with van der Waals surface area (Å²) in [6, 6.07) is 5.67. The number of aromatic nitrogens is 7. The SMILES string of the molecule is O=C1C=C(c2c(-[n+]3cnn[nH]3)ccc(Cl)c2F)C[C@H]2CC[C@H](c3nc(-c4ccnc(C5(O)CC5)c4)c(F)[nH]3)N12. The van der Waals surface area contributed by atoms with Crippen molar-refractivity contribution < 1.29 is 23.4 Å². The molecule has 1 saturated heterocycles. The second-order valence-electron chi connectivity index (χ2n) is 10.2. The summed E-state index contributed by atoms with van der Waals surface area (Å²) < 4.78 is 31.8. The molecule has 1 aliphatic carbocycles. The van der Waals surface area contributed by atoms with Crippen molar-refractivity contribution in [1.29, 1.82) is 0 Å². The summed E-state index contributed by atoms with van der Waals surface area (Å²) in [5.74, 6) is -1.23. The summed E-state index contributed by atoms with van der Waals surface area (Å²) in [5.41, 5.74) is 1.28. The van der Waals surface area contributed by atoms with Gasteiger partial charge in [-0.3, -0.25) is 9.78 Å². The number of carbonyl (C=O) groups is 1. The van der Waals surface area contributed by atoms with Gasteiger partial charge in [0.2, 0.25) is 11.9 Å². The minimum Gasteiger partial charge on any atom is -0.384 e. The zero-order chi connectivity index (χ0) is 26.9. The molecular formula is C26H22ClF2N8O2+. The van der Waals surface area contributed by atoms with Gasteiger partial charge in [-0.25, -0.2) is 9.37 Å². The highest BCUT2D eigenvalue weighted by Gasteiger charge is 2.44. The average Bonchev–Trinajstić information content (AvgIpc) is 3.31. The van der Waals surface area contributed by atoms with Gasteiger partial charge in [0.15, 0.2) is 11.0 Å². The molecule has 0 spiro atoms. The van der Waals surface area contributed by atoms with Gasteiger partial charge in [-0.05, 0) is 61.9 Å². The van der Waals surface area contributed by atoms with Crippen LogP contribution in [-0.4, -0.2) is 52.4 Å². The second kappa shape index (κ2) is 8.75. The van der Waals surface area contributed by atoms with Crippen LogP contribution in [0.15, 0.2) is 42.9 Å². The summed E-state index contributed by atoms with van der Waals surface area (Å²) in [6.45, 7) is 0. The maximum Gasteiger partial charge on any atom is 0.293 e. The molecule has 2 aliphatic heterocycles. The number of aliphatic hydroxyl groups is 1. The van der Waals surface area contributed by atoms with Crippen molar-refractivity contribution in [3.05, 3.63) is 76.7 Å². The van der Waals surface area contributed by atoms with Crippen LogP contribution in [0.5, 0.6) is 0 Å². The van der Waals surface area contributed by atoms with E-state index in [1.165, 1.54) is 29.3 Å². The van der Waals surface area contributed by atoms with Gasteiger partial charge in [0, 0.05) is 23.9 Å². The summed E-state index contributed by atoms with van der Waals surface area (Å²) in [4.78, 5) is 26.6. The van der Waals surface area contributed by atoms with Crippen molar-refractivity contribution in [2.45, 2.75) is 49.8 Å². The Kier molecular flexibility index (Phi) is 5.39. The number of pyridine rings is 1. The van der Waals surface area contributed by atoms with E-state index in [4.69, 9.17) is 11.6 Å². The van der Waals surface area contributed by atoms with Crippen molar-refractivity contribution >= 4 is 23.1 Å². The van der Waals surface area contributed by atoms with E-state index in [1.807, 2.05) is 0 Å². The Morgan fingerprint density at radius 3 is 2.82 bits per heavy atom. The van der Waals surface area contributed by atoms with Crippen LogP contribution in [0, 0.1) is 11.8 Å². The lowest BCUT2D eigenvalue weighted by molar-refractivity contribution is -0.660. The van der Waals surface area contributed by atoms with E-state index in [1.54, 1.807) is 23.1 Å². The normalized spacial score (nSPS) is 21.7. The molecule has 2 atom stereocenters. The van der Waals surface area contributed by atoms with Gasteiger partial charge in [-0.1, -0.05) is 16.8 Å². The average molecular weight is 552 g/mol. The van der Waals surface area contributed by atoms with Crippen LogP contribution in [0.3, 0.4) is 0 Å². The molecule has 3 aliphatic rings. The van der Waals surface area contributed by atoms with Crippen LogP contribution in [0.1, 0.15) is 55.2 Å². The Hall–Kier alpha value is -4.03. The Labute approximate surface area is 225 Å². The highest BCUT2D eigenvalue weighted by Crippen LogP contribution is 2.46. The fourth-order valence-electron chi connectivity index (χ4n) is 5.66. The van der Waals surface area contributed by atoms with Gasteiger partial charge in [0.1, 0.15) is 27.9 Å². The predicted molar refractivity (Wildman–Crippen MR) is 133 cm³/mol. The number of carbonyl (C=O) groups excluding carboxylic acids is 1.